The van der Waals surface area contributed by atoms with Gasteiger partial charge in [0.05, 0.1) is 5.02 Å². The molecule has 4 nitrogen and oxygen atoms in total. The second-order valence-corrected chi connectivity index (χ2v) is 5.57. The van der Waals surface area contributed by atoms with Crippen LogP contribution in [-0.4, -0.2) is 55.2 Å². The number of nitrogens with zero attached hydrogens (tertiary/aromatic N) is 3. The van der Waals surface area contributed by atoms with Crippen molar-refractivity contribution in [2.24, 2.45) is 0 Å². The van der Waals surface area contributed by atoms with Gasteiger partial charge in [0.15, 0.2) is 11.6 Å². The molecule has 1 aromatic rings. The van der Waals surface area contributed by atoms with Gasteiger partial charge in [-0.2, -0.15) is 0 Å². The standard InChI is InChI=1S/C13H18ClFN4/c14-10-7-12(15)13(17-8-10)19-4-1-11(9-19)18-5-2-16-3-6-18/h7-8,11,16H,1-6,9H2. The number of halogens is 2. The van der Waals surface area contributed by atoms with E-state index in [9.17, 15) is 4.39 Å². The van der Waals surface area contributed by atoms with E-state index < -0.39 is 0 Å². The van der Waals surface area contributed by atoms with Crippen LogP contribution in [0, 0.1) is 5.82 Å². The first kappa shape index (κ1) is 13.1. The van der Waals surface area contributed by atoms with Crippen molar-refractivity contribution in [2.45, 2.75) is 12.5 Å². The monoisotopic (exact) mass is 284 g/mol. The summed E-state index contributed by atoms with van der Waals surface area (Å²) in [4.78, 5) is 8.64. The summed E-state index contributed by atoms with van der Waals surface area (Å²) in [6, 6.07) is 1.85. The average Bonchev–Trinajstić information content (AvgIpc) is 2.89. The van der Waals surface area contributed by atoms with Gasteiger partial charge in [-0.05, 0) is 12.5 Å². The molecule has 3 heterocycles. The molecule has 2 aliphatic rings. The molecule has 0 radical (unpaired) electrons. The molecule has 0 amide bonds. The van der Waals surface area contributed by atoms with Gasteiger partial charge in [-0.15, -0.1) is 0 Å². The number of nitrogens with one attached hydrogen (secondary N) is 1. The molecule has 0 spiro atoms. The topological polar surface area (TPSA) is 31.4 Å². The van der Waals surface area contributed by atoms with E-state index in [1.807, 2.05) is 4.90 Å². The Kier molecular flexibility index (Phi) is 3.86. The largest absolute Gasteiger partial charge is 0.353 e. The molecule has 1 aromatic heterocycles. The molecule has 1 atom stereocenters. The first-order chi connectivity index (χ1) is 9.24. The number of anilines is 1. The Morgan fingerprint density at radius 1 is 1.32 bits per heavy atom. The van der Waals surface area contributed by atoms with Crippen molar-refractivity contribution in [3.8, 4) is 0 Å². The fourth-order valence-electron chi connectivity index (χ4n) is 2.92. The molecular weight excluding hydrogens is 267 g/mol. The van der Waals surface area contributed by atoms with Crippen LogP contribution >= 0.6 is 11.6 Å². The number of rotatable bonds is 2. The third kappa shape index (κ3) is 2.83. The molecule has 2 saturated heterocycles. The predicted molar refractivity (Wildman–Crippen MR) is 74.3 cm³/mol. The Hall–Kier alpha value is -0.910. The van der Waals surface area contributed by atoms with E-state index in [1.165, 1.54) is 12.3 Å². The van der Waals surface area contributed by atoms with Crippen LogP contribution in [0.4, 0.5) is 10.2 Å². The molecule has 1 unspecified atom stereocenters. The summed E-state index contributed by atoms with van der Waals surface area (Å²) in [6.45, 7) is 5.96. The second kappa shape index (κ2) is 5.61. The summed E-state index contributed by atoms with van der Waals surface area (Å²) in [6.07, 6.45) is 2.59. The lowest BCUT2D eigenvalue weighted by atomic mass is 10.2. The summed E-state index contributed by atoms with van der Waals surface area (Å²) in [5, 5.41) is 3.70. The Morgan fingerprint density at radius 2 is 2.11 bits per heavy atom. The summed E-state index contributed by atoms with van der Waals surface area (Å²) >= 11 is 5.74. The fourth-order valence-corrected chi connectivity index (χ4v) is 3.06. The third-order valence-electron chi connectivity index (χ3n) is 3.92. The van der Waals surface area contributed by atoms with Gasteiger partial charge >= 0.3 is 0 Å². The van der Waals surface area contributed by atoms with Crippen LogP contribution < -0.4 is 10.2 Å². The van der Waals surface area contributed by atoms with Crippen molar-refractivity contribution in [1.82, 2.24) is 15.2 Å². The van der Waals surface area contributed by atoms with E-state index in [0.717, 1.165) is 45.7 Å². The lowest BCUT2D eigenvalue weighted by Crippen LogP contribution is -2.49. The van der Waals surface area contributed by atoms with E-state index in [-0.39, 0.29) is 5.82 Å². The van der Waals surface area contributed by atoms with Gasteiger partial charge in [0.25, 0.3) is 0 Å². The third-order valence-corrected chi connectivity index (χ3v) is 4.13. The van der Waals surface area contributed by atoms with Crippen LogP contribution in [0.2, 0.25) is 5.02 Å². The molecule has 104 valence electrons. The SMILES string of the molecule is Fc1cc(Cl)cnc1N1CCC(N2CCNCC2)C1. The van der Waals surface area contributed by atoms with Crippen LogP contribution in [-0.2, 0) is 0 Å². The maximum Gasteiger partial charge on any atom is 0.167 e. The Balaban J connectivity index is 1.67. The van der Waals surface area contributed by atoms with Crippen LogP contribution in [0.25, 0.3) is 0 Å². The van der Waals surface area contributed by atoms with Crippen molar-refractivity contribution in [3.05, 3.63) is 23.1 Å². The molecule has 0 aromatic carbocycles. The minimum absolute atomic E-state index is 0.325. The first-order valence-corrected chi connectivity index (χ1v) is 7.12. The highest BCUT2D eigenvalue weighted by atomic mass is 35.5. The highest BCUT2D eigenvalue weighted by Crippen LogP contribution is 2.25. The Morgan fingerprint density at radius 3 is 2.84 bits per heavy atom. The van der Waals surface area contributed by atoms with E-state index in [2.05, 4.69) is 15.2 Å². The number of pyridine rings is 1. The van der Waals surface area contributed by atoms with Gasteiger partial charge in [0.2, 0.25) is 0 Å². The lowest BCUT2D eigenvalue weighted by Gasteiger charge is -2.32. The molecule has 3 rings (SSSR count). The average molecular weight is 285 g/mol. The zero-order valence-electron chi connectivity index (χ0n) is 10.8. The highest BCUT2D eigenvalue weighted by Gasteiger charge is 2.30. The van der Waals surface area contributed by atoms with Gasteiger partial charge in [0, 0.05) is 51.5 Å². The molecule has 19 heavy (non-hydrogen) atoms. The minimum Gasteiger partial charge on any atom is -0.353 e. The minimum atomic E-state index is -0.325. The van der Waals surface area contributed by atoms with Crippen molar-refractivity contribution in [2.75, 3.05) is 44.2 Å². The Labute approximate surface area is 117 Å². The van der Waals surface area contributed by atoms with Crippen LogP contribution in [0.5, 0.6) is 0 Å². The van der Waals surface area contributed by atoms with E-state index in [0.29, 0.717) is 16.9 Å². The first-order valence-electron chi connectivity index (χ1n) is 6.75. The molecule has 2 fully saturated rings. The summed E-state index contributed by atoms with van der Waals surface area (Å²) < 4.78 is 13.9. The number of piperazine rings is 1. The molecule has 0 aliphatic carbocycles. The highest BCUT2D eigenvalue weighted by molar-refractivity contribution is 6.30. The van der Waals surface area contributed by atoms with Gasteiger partial charge in [0.1, 0.15) is 0 Å². The number of hydrogen-bond donors (Lipinski definition) is 1. The van der Waals surface area contributed by atoms with Crippen molar-refractivity contribution >= 4 is 17.4 Å². The zero-order chi connectivity index (χ0) is 13.2. The Bertz CT molecular complexity index is 450. The fraction of sp³-hybridized carbons (Fsp3) is 0.615. The van der Waals surface area contributed by atoms with Crippen molar-refractivity contribution in [3.63, 3.8) is 0 Å². The lowest BCUT2D eigenvalue weighted by molar-refractivity contribution is 0.185. The van der Waals surface area contributed by atoms with Crippen LogP contribution in [0.1, 0.15) is 6.42 Å². The maximum atomic E-state index is 13.9. The molecule has 6 heteroatoms. The second-order valence-electron chi connectivity index (χ2n) is 5.13. The van der Waals surface area contributed by atoms with Gasteiger partial charge in [-0.25, -0.2) is 9.37 Å². The molecule has 2 aliphatic heterocycles. The van der Waals surface area contributed by atoms with Crippen molar-refractivity contribution in [1.29, 1.82) is 0 Å². The normalized spacial score (nSPS) is 24.9. The van der Waals surface area contributed by atoms with E-state index >= 15 is 0 Å². The maximum absolute atomic E-state index is 13.9. The zero-order valence-corrected chi connectivity index (χ0v) is 11.5. The van der Waals surface area contributed by atoms with Gasteiger partial charge < -0.3 is 10.2 Å². The van der Waals surface area contributed by atoms with E-state index in [4.69, 9.17) is 11.6 Å². The summed E-state index contributed by atoms with van der Waals surface area (Å²) in [7, 11) is 0. The van der Waals surface area contributed by atoms with Gasteiger partial charge in [-0.3, -0.25) is 4.90 Å². The summed E-state index contributed by atoms with van der Waals surface area (Å²) in [5.74, 6) is 0.107. The summed E-state index contributed by atoms with van der Waals surface area (Å²) in [5.41, 5.74) is 0. The molecule has 0 saturated carbocycles. The molecule has 0 bridgehead atoms. The number of hydrogen-bond acceptors (Lipinski definition) is 4. The van der Waals surface area contributed by atoms with Crippen LogP contribution in [0.15, 0.2) is 12.3 Å². The quantitative estimate of drug-likeness (QED) is 0.889. The van der Waals surface area contributed by atoms with Gasteiger partial charge in [-0.1, -0.05) is 11.6 Å². The predicted octanol–water partition coefficient (Wildman–Crippen LogP) is 1.36. The number of aromatic nitrogens is 1. The smallest absolute Gasteiger partial charge is 0.167 e. The molecule has 1 N–H and O–H groups in total. The molecular formula is C13H18ClFN4. The van der Waals surface area contributed by atoms with E-state index in [1.54, 1.807) is 0 Å². The van der Waals surface area contributed by atoms with Crippen molar-refractivity contribution < 1.29 is 4.39 Å². The van der Waals surface area contributed by atoms with Crippen LogP contribution in [0.3, 0.4) is 0 Å².